The molecule has 0 radical (unpaired) electrons. The number of nitrogens with two attached hydrogens (primary N) is 1. The molecule has 0 saturated heterocycles. The fourth-order valence-electron chi connectivity index (χ4n) is 3.25. The molecule has 6 heteroatoms. The van der Waals surface area contributed by atoms with Gasteiger partial charge in [0.25, 0.3) is 0 Å². The number of halogens is 2. The summed E-state index contributed by atoms with van der Waals surface area (Å²) < 4.78 is 29.6. The standard InChI is InChI=1S/C23H19F2N3S/c24-19-7-3-1-5-16(19)13-28(14-17-6-2-4-8-20(17)25)18-10-9-15-11-22(23(26)27)29-21(15)12-18/h1-12H,13-14H2,(H3,26,27). The van der Waals surface area contributed by atoms with Gasteiger partial charge in [-0.3, -0.25) is 5.41 Å². The summed E-state index contributed by atoms with van der Waals surface area (Å²) in [5.41, 5.74) is 7.54. The van der Waals surface area contributed by atoms with E-state index >= 15 is 0 Å². The van der Waals surface area contributed by atoms with Crippen molar-refractivity contribution in [3.05, 3.63) is 100 Å². The quantitative estimate of drug-likeness (QED) is 0.320. The predicted molar refractivity (Wildman–Crippen MR) is 116 cm³/mol. The maximum Gasteiger partial charge on any atom is 0.133 e. The molecular formula is C23H19F2N3S. The Balaban J connectivity index is 1.74. The summed E-state index contributed by atoms with van der Waals surface area (Å²) in [6.07, 6.45) is 0. The van der Waals surface area contributed by atoms with E-state index in [2.05, 4.69) is 0 Å². The highest BCUT2D eigenvalue weighted by Crippen LogP contribution is 2.31. The van der Waals surface area contributed by atoms with Crippen LogP contribution in [0.5, 0.6) is 0 Å². The molecule has 3 aromatic carbocycles. The van der Waals surface area contributed by atoms with Crippen LogP contribution in [0.1, 0.15) is 16.0 Å². The summed E-state index contributed by atoms with van der Waals surface area (Å²) in [5.74, 6) is -0.550. The molecule has 1 heterocycles. The van der Waals surface area contributed by atoms with Gasteiger partial charge in [0.2, 0.25) is 0 Å². The van der Waals surface area contributed by atoms with E-state index in [0.29, 0.717) is 29.1 Å². The Bertz CT molecular complexity index is 1140. The van der Waals surface area contributed by atoms with Crippen molar-refractivity contribution in [3.8, 4) is 0 Å². The lowest BCUT2D eigenvalue weighted by molar-refractivity contribution is 0.591. The molecule has 146 valence electrons. The topological polar surface area (TPSA) is 53.1 Å². The molecule has 3 nitrogen and oxygen atoms in total. The SMILES string of the molecule is N=C(N)c1cc2ccc(N(Cc3ccccc3F)Cc3ccccc3F)cc2s1. The van der Waals surface area contributed by atoms with Crippen LogP contribution in [0.4, 0.5) is 14.5 Å². The van der Waals surface area contributed by atoms with Crippen molar-refractivity contribution in [2.45, 2.75) is 13.1 Å². The number of rotatable bonds is 6. The lowest BCUT2D eigenvalue weighted by Crippen LogP contribution is -2.23. The van der Waals surface area contributed by atoms with Crippen LogP contribution in [0.2, 0.25) is 0 Å². The maximum atomic E-state index is 14.3. The summed E-state index contributed by atoms with van der Waals surface area (Å²) in [6, 6.07) is 21.0. The number of nitrogen functional groups attached to an aromatic ring is 1. The average Bonchev–Trinajstić information content (AvgIpc) is 3.14. The number of hydrogen-bond donors (Lipinski definition) is 2. The van der Waals surface area contributed by atoms with E-state index in [0.717, 1.165) is 15.8 Å². The highest BCUT2D eigenvalue weighted by atomic mass is 32.1. The van der Waals surface area contributed by atoms with E-state index in [1.54, 1.807) is 36.4 Å². The Morgan fingerprint density at radius 3 is 2.00 bits per heavy atom. The summed E-state index contributed by atoms with van der Waals surface area (Å²) in [4.78, 5) is 2.65. The van der Waals surface area contributed by atoms with Crippen LogP contribution in [0, 0.1) is 17.0 Å². The first kappa shape index (κ1) is 19.1. The average molecular weight is 407 g/mol. The Hall–Kier alpha value is -3.25. The molecular weight excluding hydrogens is 388 g/mol. The minimum absolute atomic E-state index is 0.0299. The number of thiophene rings is 1. The van der Waals surface area contributed by atoms with Crippen LogP contribution in [0.3, 0.4) is 0 Å². The second kappa shape index (κ2) is 8.01. The Labute approximate surface area is 171 Å². The van der Waals surface area contributed by atoms with Crippen molar-refractivity contribution >= 4 is 32.9 Å². The second-order valence-corrected chi connectivity index (χ2v) is 7.87. The van der Waals surface area contributed by atoms with Crippen molar-refractivity contribution in [2.75, 3.05) is 4.90 Å². The van der Waals surface area contributed by atoms with Gasteiger partial charge in [-0.25, -0.2) is 8.78 Å². The fraction of sp³-hybridized carbons (Fsp3) is 0.0870. The number of benzene rings is 3. The van der Waals surface area contributed by atoms with Crippen LogP contribution < -0.4 is 10.6 Å². The lowest BCUT2D eigenvalue weighted by Gasteiger charge is -2.26. The minimum Gasteiger partial charge on any atom is -0.383 e. The van der Waals surface area contributed by atoms with Gasteiger partial charge in [0, 0.05) is 34.6 Å². The summed E-state index contributed by atoms with van der Waals surface area (Å²) in [6.45, 7) is 0.606. The van der Waals surface area contributed by atoms with Crippen molar-refractivity contribution in [2.24, 2.45) is 5.73 Å². The van der Waals surface area contributed by atoms with Gasteiger partial charge in [0.1, 0.15) is 17.5 Å². The third-order valence-electron chi connectivity index (χ3n) is 4.77. The van der Waals surface area contributed by atoms with Crippen molar-refractivity contribution in [1.82, 2.24) is 0 Å². The largest absolute Gasteiger partial charge is 0.383 e. The van der Waals surface area contributed by atoms with Crippen LogP contribution in [0.15, 0.2) is 72.8 Å². The molecule has 0 aliphatic rings. The molecule has 29 heavy (non-hydrogen) atoms. The molecule has 0 fully saturated rings. The normalized spacial score (nSPS) is 11.0. The third kappa shape index (κ3) is 4.12. The van der Waals surface area contributed by atoms with Crippen LogP contribution >= 0.6 is 11.3 Å². The zero-order valence-electron chi connectivity index (χ0n) is 15.5. The summed E-state index contributed by atoms with van der Waals surface area (Å²) in [7, 11) is 0. The van der Waals surface area contributed by atoms with Crippen LogP contribution in [-0.2, 0) is 13.1 Å². The van der Waals surface area contributed by atoms with Crippen LogP contribution in [-0.4, -0.2) is 5.84 Å². The Morgan fingerprint density at radius 1 is 0.862 bits per heavy atom. The summed E-state index contributed by atoms with van der Waals surface area (Å²) in [5, 5.41) is 8.63. The van der Waals surface area contributed by atoms with E-state index in [9.17, 15) is 8.78 Å². The third-order valence-corrected chi connectivity index (χ3v) is 5.90. The first-order chi connectivity index (χ1) is 14.0. The molecule has 0 saturated carbocycles. The van der Waals surface area contributed by atoms with Crippen molar-refractivity contribution in [3.63, 3.8) is 0 Å². The molecule has 0 aliphatic heterocycles. The molecule has 1 aromatic heterocycles. The zero-order chi connectivity index (χ0) is 20.4. The van der Waals surface area contributed by atoms with E-state index in [4.69, 9.17) is 11.1 Å². The van der Waals surface area contributed by atoms with Crippen molar-refractivity contribution < 1.29 is 8.78 Å². The number of fused-ring (bicyclic) bond motifs is 1. The molecule has 0 unspecified atom stereocenters. The second-order valence-electron chi connectivity index (χ2n) is 6.79. The number of nitrogens with zero attached hydrogens (tertiary/aromatic N) is 1. The van der Waals surface area contributed by atoms with Crippen LogP contribution in [0.25, 0.3) is 10.1 Å². The lowest BCUT2D eigenvalue weighted by atomic mass is 10.1. The van der Waals surface area contributed by atoms with Gasteiger partial charge in [-0.15, -0.1) is 11.3 Å². The maximum absolute atomic E-state index is 14.3. The fourth-order valence-corrected chi connectivity index (χ4v) is 4.21. The number of hydrogen-bond acceptors (Lipinski definition) is 3. The number of amidine groups is 1. The molecule has 0 aliphatic carbocycles. The van der Waals surface area contributed by atoms with E-state index in [1.807, 2.05) is 29.2 Å². The minimum atomic E-state index is -0.290. The molecule has 4 rings (SSSR count). The van der Waals surface area contributed by atoms with E-state index in [1.165, 1.54) is 23.5 Å². The van der Waals surface area contributed by atoms with Gasteiger partial charge in [0.05, 0.1) is 4.88 Å². The number of anilines is 1. The Morgan fingerprint density at radius 2 is 1.45 bits per heavy atom. The predicted octanol–water partition coefficient (Wildman–Crippen LogP) is 5.67. The monoisotopic (exact) mass is 407 g/mol. The first-order valence-corrected chi connectivity index (χ1v) is 9.92. The van der Waals surface area contributed by atoms with Gasteiger partial charge < -0.3 is 10.6 Å². The molecule has 3 N–H and O–H groups in total. The van der Waals surface area contributed by atoms with Gasteiger partial charge in [-0.1, -0.05) is 42.5 Å². The van der Waals surface area contributed by atoms with Gasteiger partial charge in [-0.2, -0.15) is 0 Å². The first-order valence-electron chi connectivity index (χ1n) is 9.11. The van der Waals surface area contributed by atoms with E-state index < -0.39 is 0 Å². The van der Waals surface area contributed by atoms with Crippen molar-refractivity contribution in [1.29, 1.82) is 5.41 Å². The molecule has 4 aromatic rings. The summed E-state index contributed by atoms with van der Waals surface area (Å²) >= 11 is 1.43. The number of nitrogens with one attached hydrogen (secondary N) is 1. The molecule has 0 spiro atoms. The smallest absolute Gasteiger partial charge is 0.133 e. The highest BCUT2D eigenvalue weighted by molar-refractivity contribution is 7.20. The Kier molecular flexibility index (Phi) is 5.27. The van der Waals surface area contributed by atoms with Gasteiger partial charge >= 0.3 is 0 Å². The molecule has 0 amide bonds. The molecule has 0 bridgehead atoms. The zero-order valence-corrected chi connectivity index (χ0v) is 16.3. The highest BCUT2D eigenvalue weighted by Gasteiger charge is 2.15. The molecule has 0 atom stereocenters. The van der Waals surface area contributed by atoms with Gasteiger partial charge in [-0.05, 0) is 35.7 Å². The van der Waals surface area contributed by atoms with E-state index in [-0.39, 0.29) is 17.5 Å². The van der Waals surface area contributed by atoms with Gasteiger partial charge in [0.15, 0.2) is 0 Å².